The number of rotatable bonds is 9. The van der Waals surface area contributed by atoms with Gasteiger partial charge in [0.15, 0.2) is 5.82 Å². The summed E-state index contributed by atoms with van der Waals surface area (Å²) in [5, 5.41) is 17.8. The lowest BCUT2D eigenvalue weighted by atomic mass is 10.2. The first kappa shape index (κ1) is 21.9. The Labute approximate surface area is 190 Å². The van der Waals surface area contributed by atoms with Crippen LogP contribution in [0.25, 0.3) is 10.9 Å². The smallest absolute Gasteiger partial charge is 0.261 e. The van der Waals surface area contributed by atoms with Crippen LogP contribution in [0.5, 0.6) is 0 Å². The third-order valence-electron chi connectivity index (χ3n) is 4.90. The summed E-state index contributed by atoms with van der Waals surface area (Å²) < 4.78 is 1.46. The average Bonchev–Trinajstić information content (AvgIpc) is 2.83. The number of pyridine rings is 1. The fourth-order valence-corrected chi connectivity index (χ4v) is 3.20. The van der Waals surface area contributed by atoms with Crippen molar-refractivity contribution >= 4 is 34.3 Å². The van der Waals surface area contributed by atoms with Crippen molar-refractivity contribution in [1.29, 1.82) is 0 Å². The fourth-order valence-electron chi connectivity index (χ4n) is 3.20. The summed E-state index contributed by atoms with van der Waals surface area (Å²) in [5.74, 6) is 1.74. The van der Waals surface area contributed by atoms with E-state index >= 15 is 0 Å². The Morgan fingerprint density at radius 2 is 1.79 bits per heavy atom. The first-order valence-corrected chi connectivity index (χ1v) is 10.6. The molecule has 0 fully saturated rings. The van der Waals surface area contributed by atoms with Crippen LogP contribution in [0.2, 0.25) is 0 Å². The monoisotopic (exact) mass is 444 g/mol. The zero-order chi connectivity index (χ0) is 23.0. The van der Waals surface area contributed by atoms with Crippen molar-refractivity contribution in [3.8, 4) is 0 Å². The Bertz CT molecular complexity index is 1300. The highest BCUT2D eigenvalue weighted by Gasteiger charge is 2.06. The number of aromatic nitrogens is 5. The Morgan fingerprint density at radius 1 is 0.970 bits per heavy atom. The summed E-state index contributed by atoms with van der Waals surface area (Å²) in [4.78, 5) is 33.1. The molecule has 3 N–H and O–H groups in total. The number of nitrogens with zero attached hydrogens (tertiary/aromatic N) is 5. The molecule has 4 rings (SSSR count). The number of amides is 1. The third-order valence-corrected chi connectivity index (χ3v) is 4.90. The molecule has 0 spiro atoms. The summed E-state index contributed by atoms with van der Waals surface area (Å²) in [5.41, 5.74) is 1.60. The minimum atomic E-state index is -0.148. The van der Waals surface area contributed by atoms with E-state index in [0.29, 0.717) is 41.4 Å². The van der Waals surface area contributed by atoms with Crippen molar-refractivity contribution in [2.75, 3.05) is 23.7 Å². The Morgan fingerprint density at radius 3 is 2.61 bits per heavy atom. The van der Waals surface area contributed by atoms with Crippen molar-refractivity contribution < 1.29 is 4.79 Å². The Balaban J connectivity index is 1.19. The van der Waals surface area contributed by atoms with Crippen LogP contribution >= 0.6 is 0 Å². The maximum Gasteiger partial charge on any atom is 0.261 e. The molecule has 1 amide bonds. The highest BCUT2D eigenvalue weighted by Crippen LogP contribution is 2.13. The standard InChI is InChI=1S/C23H24N8O2/c1-16-8-10-24-21(14-16)28-20-7-6-19(29-30-20)25-11-12-26-22(32)9-13-31-15-27-18-5-3-2-4-17(18)23(31)33/h2-8,10,14-15H,9,11-13H2,1H3,(H,25,29)(H,26,32)(H,24,28,30). The van der Waals surface area contributed by atoms with Crippen molar-refractivity contribution in [2.45, 2.75) is 19.9 Å². The van der Waals surface area contributed by atoms with Crippen LogP contribution in [-0.4, -0.2) is 43.7 Å². The fraction of sp³-hybridized carbons (Fsp3) is 0.217. The zero-order valence-corrected chi connectivity index (χ0v) is 18.2. The molecule has 4 aromatic rings. The third kappa shape index (κ3) is 5.88. The molecule has 0 bridgehead atoms. The van der Waals surface area contributed by atoms with Crippen LogP contribution in [-0.2, 0) is 11.3 Å². The molecule has 0 atom stereocenters. The van der Waals surface area contributed by atoms with Gasteiger partial charge >= 0.3 is 0 Å². The van der Waals surface area contributed by atoms with Gasteiger partial charge in [0.25, 0.3) is 5.56 Å². The number of fused-ring (bicyclic) bond motifs is 1. The summed E-state index contributed by atoms with van der Waals surface area (Å²) in [6.45, 7) is 3.17. The van der Waals surface area contributed by atoms with Gasteiger partial charge in [0.2, 0.25) is 5.91 Å². The molecule has 0 unspecified atom stereocenters. The number of aryl methyl sites for hydroxylation is 2. The lowest BCUT2D eigenvalue weighted by molar-refractivity contribution is -0.121. The van der Waals surface area contributed by atoms with Gasteiger partial charge in [0, 0.05) is 32.3 Å². The van der Waals surface area contributed by atoms with E-state index in [0.717, 1.165) is 5.56 Å². The van der Waals surface area contributed by atoms with Gasteiger partial charge in [-0.05, 0) is 48.9 Å². The topological polar surface area (TPSA) is 127 Å². The van der Waals surface area contributed by atoms with E-state index in [1.165, 1.54) is 10.9 Å². The second-order valence-corrected chi connectivity index (χ2v) is 7.43. The van der Waals surface area contributed by atoms with Gasteiger partial charge in [-0.3, -0.25) is 14.2 Å². The SMILES string of the molecule is Cc1ccnc(Nc2ccc(NCCNC(=O)CCn3cnc4ccccc4c3=O)nn2)c1. The molecule has 1 aromatic carbocycles. The number of carbonyl (C=O) groups excluding carboxylic acids is 1. The number of nitrogens with one attached hydrogen (secondary N) is 3. The molecule has 0 radical (unpaired) electrons. The molecule has 3 aromatic heterocycles. The normalized spacial score (nSPS) is 10.7. The maximum absolute atomic E-state index is 12.5. The molecule has 0 aliphatic heterocycles. The second kappa shape index (κ2) is 10.3. The number of anilines is 3. The molecule has 33 heavy (non-hydrogen) atoms. The molecule has 0 saturated heterocycles. The summed E-state index contributed by atoms with van der Waals surface area (Å²) in [6.07, 6.45) is 3.39. The van der Waals surface area contributed by atoms with Crippen LogP contribution in [0.3, 0.4) is 0 Å². The van der Waals surface area contributed by atoms with Crippen LogP contribution in [0.4, 0.5) is 17.5 Å². The molecule has 0 saturated carbocycles. The minimum Gasteiger partial charge on any atom is -0.367 e. The van der Waals surface area contributed by atoms with Crippen LogP contribution in [0, 0.1) is 6.92 Å². The molecular weight excluding hydrogens is 420 g/mol. The lowest BCUT2D eigenvalue weighted by Gasteiger charge is -2.09. The average molecular weight is 444 g/mol. The highest BCUT2D eigenvalue weighted by molar-refractivity contribution is 5.77. The van der Waals surface area contributed by atoms with E-state index in [9.17, 15) is 9.59 Å². The van der Waals surface area contributed by atoms with Crippen molar-refractivity contribution in [2.24, 2.45) is 0 Å². The van der Waals surface area contributed by atoms with Gasteiger partial charge in [-0.2, -0.15) is 0 Å². The highest BCUT2D eigenvalue weighted by atomic mass is 16.1. The molecule has 168 valence electrons. The number of hydrogen-bond donors (Lipinski definition) is 3. The first-order valence-electron chi connectivity index (χ1n) is 10.6. The van der Waals surface area contributed by atoms with Gasteiger partial charge < -0.3 is 16.0 Å². The number of carbonyl (C=O) groups is 1. The van der Waals surface area contributed by atoms with E-state index in [1.54, 1.807) is 36.5 Å². The molecular formula is C23H24N8O2. The summed E-state index contributed by atoms with van der Waals surface area (Å²) in [7, 11) is 0. The quantitative estimate of drug-likeness (QED) is 0.336. The van der Waals surface area contributed by atoms with Gasteiger partial charge in [-0.1, -0.05) is 12.1 Å². The van der Waals surface area contributed by atoms with Crippen LogP contribution in [0.15, 0.2) is 65.8 Å². The predicted octanol–water partition coefficient (Wildman–Crippen LogP) is 2.25. The van der Waals surface area contributed by atoms with Crippen molar-refractivity contribution in [1.82, 2.24) is 30.0 Å². The Kier molecular flexibility index (Phi) is 6.84. The van der Waals surface area contributed by atoms with Gasteiger partial charge in [0.1, 0.15) is 11.6 Å². The largest absolute Gasteiger partial charge is 0.367 e. The lowest BCUT2D eigenvalue weighted by Crippen LogP contribution is -2.31. The molecule has 10 heteroatoms. The molecule has 0 aliphatic rings. The Hall–Kier alpha value is -4.34. The number of para-hydroxylation sites is 1. The minimum absolute atomic E-state index is 0.145. The molecule has 0 aliphatic carbocycles. The van der Waals surface area contributed by atoms with Crippen LogP contribution in [0.1, 0.15) is 12.0 Å². The number of hydrogen-bond acceptors (Lipinski definition) is 8. The van der Waals surface area contributed by atoms with Crippen molar-refractivity contribution in [3.63, 3.8) is 0 Å². The number of benzene rings is 1. The molecule has 10 nitrogen and oxygen atoms in total. The van der Waals surface area contributed by atoms with Gasteiger partial charge in [-0.25, -0.2) is 9.97 Å². The van der Waals surface area contributed by atoms with E-state index in [2.05, 4.69) is 36.1 Å². The van der Waals surface area contributed by atoms with E-state index in [1.807, 2.05) is 25.1 Å². The van der Waals surface area contributed by atoms with E-state index in [4.69, 9.17) is 0 Å². The van der Waals surface area contributed by atoms with E-state index < -0.39 is 0 Å². The summed E-state index contributed by atoms with van der Waals surface area (Å²) >= 11 is 0. The molecule has 3 heterocycles. The van der Waals surface area contributed by atoms with E-state index in [-0.39, 0.29) is 24.4 Å². The maximum atomic E-state index is 12.5. The second-order valence-electron chi connectivity index (χ2n) is 7.43. The van der Waals surface area contributed by atoms with Crippen LogP contribution < -0.4 is 21.5 Å². The van der Waals surface area contributed by atoms with Crippen molar-refractivity contribution in [3.05, 3.63) is 77.0 Å². The zero-order valence-electron chi connectivity index (χ0n) is 18.2. The predicted molar refractivity (Wildman–Crippen MR) is 126 cm³/mol. The first-order chi connectivity index (χ1) is 16.1. The summed E-state index contributed by atoms with van der Waals surface area (Å²) in [6, 6.07) is 14.6. The van der Waals surface area contributed by atoms with Gasteiger partial charge in [-0.15, -0.1) is 10.2 Å². The van der Waals surface area contributed by atoms with Gasteiger partial charge in [0.05, 0.1) is 17.2 Å².